The van der Waals surface area contributed by atoms with Crippen LogP contribution in [0.1, 0.15) is 72.0 Å². The van der Waals surface area contributed by atoms with E-state index in [4.69, 9.17) is 23.7 Å². The number of carboxylic acid groups (broad SMARTS) is 1. The van der Waals surface area contributed by atoms with Crippen molar-refractivity contribution in [2.75, 3.05) is 54.6 Å². The van der Waals surface area contributed by atoms with Gasteiger partial charge in [0, 0.05) is 44.6 Å². The highest BCUT2D eigenvalue weighted by atomic mass is 16.6. The summed E-state index contributed by atoms with van der Waals surface area (Å²) in [6.45, 7) is 4.51. The summed E-state index contributed by atoms with van der Waals surface area (Å²) in [5, 5.41) is 10.6. The predicted molar refractivity (Wildman–Crippen MR) is 226 cm³/mol. The number of ether oxygens (including phenoxy) is 5. The maximum atomic E-state index is 15.3. The van der Waals surface area contributed by atoms with Crippen molar-refractivity contribution in [1.29, 1.82) is 0 Å². The number of likely N-dealkylation sites (N-methyl/N-ethyl adjacent to an activating group) is 1. The minimum atomic E-state index is -0.936. The number of aliphatic carboxylic acids is 1. The highest BCUT2D eigenvalue weighted by Gasteiger charge is 2.58. The molecule has 4 aromatic rings. The number of carbonyl (C=O) groups excluding carboxylic acids is 2. The first-order valence-corrected chi connectivity index (χ1v) is 20.9. The smallest absolute Gasteiger partial charge is 0.410 e. The van der Waals surface area contributed by atoms with Gasteiger partial charge in [0.25, 0.3) is 0 Å². The van der Waals surface area contributed by atoms with E-state index in [9.17, 15) is 14.7 Å². The van der Waals surface area contributed by atoms with E-state index < -0.39 is 23.5 Å². The lowest BCUT2D eigenvalue weighted by atomic mass is 9.58. The monoisotopic (exact) mass is 819 g/mol. The molecule has 0 radical (unpaired) electrons. The number of methoxy groups -OCH3 is 4. The highest BCUT2D eigenvalue weighted by molar-refractivity contribution is 5.80. The Kier molecular flexibility index (Phi) is 13.2. The number of hydrogen-bond donors (Lipinski definition) is 1. The van der Waals surface area contributed by atoms with Gasteiger partial charge in [0.2, 0.25) is 5.91 Å². The molecule has 0 bridgehead atoms. The third-order valence-corrected chi connectivity index (χ3v) is 12.9. The second-order valence-corrected chi connectivity index (χ2v) is 15.9. The highest BCUT2D eigenvalue weighted by Crippen LogP contribution is 2.59. The summed E-state index contributed by atoms with van der Waals surface area (Å²) in [4.78, 5) is 48.1. The van der Waals surface area contributed by atoms with E-state index in [2.05, 4.69) is 11.8 Å². The van der Waals surface area contributed by atoms with E-state index in [0.717, 1.165) is 52.9 Å². The number of fused-ring (bicyclic) bond motifs is 3. The summed E-state index contributed by atoms with van der Waals surface area (Å²) < 4.78 is 29.1. The van der Waals surface area contributed by atoms with Crippen molar-refractivity contribution in [1.82, 2.24) is 14.7 Å². The van der Waals surface area contributed by atoms with Gasteiger partial charge in [-0.15, -0.1) is 0 Å². The maximum absolute atomic E-state index is 15.3. The normalized spacial score (nSPS) is 21.0. The molecule has 318 valence electrons. The molecule has 12 heteroatoms. The number of carboxylic acids is 1. The average molecular weight is 820 g/mol. The Morgan fingerprint density at radius 2 is 1.38 bits per heavy atom. The number of amides is 2. The molecular formula is C48H57N3O9. The van der Waals surface area contributed by atoms with Crippen molar-refractivity contribution in [2.45, 2.75) is 70.2 Å². The second kappa shape index (κ2) is 18.7. The Morgan fingerprint density at radius 3 is 2.02 bits per heavy atom. The lowest BCUT2D eigenvalue weighted by Crippen LogP contribution is -2.62. The molecule has 1 fully saturated rings. The molecule has 60 heavy (non-hydrogen) atoms. The van der Waals surface area contributed by atoms with Crippen LogP contribution in [0.5, 0.6) is 23.0 Å². The molecular weight excluding hydrogens is 763 g/mol. The number of nitrogens with zero attached hydrogens (tertiary/aromatic N) is 3. The first-order valence-electron chi connectivity index (χ1n) is 20.9. The Hall–Kier alpha value is -5.75. The van der Waals surface area contributed by atoms with Crippen LogP contribution in [0.15, 0.2) is 84.9 Å². The van der Waals surface area contributed by atoms with Crippen LogP contribution in [0.3, 0.4) is 0 Å². The van der Waals surface area contributed by atoms with Crippen LogP contribution in [0.25, 0.3) is 0 Å². The molecule has 2 amide bonds. The van der Waals surface area contributed by atoms with Gasteiger partial charge >= 0.3 is 12.1 Å². The molecule has 1 spiro atoms. The molecule has 2 heterocycles. The molecule has 0 saturated heterocycles. The average Bonchev–Trinajstić information content (AvgIpc) is 3.28. The zero-order chi connectivity index (χ0) is 42.4. The summed E-state index contributed by atoms with van der Waals surface area (Å²) in [5.41, 5.74) is 4.99. The third kappa shape index (κ3) is 8.34. The van der Waals surface area contributed by atoms with E-state index in [1.165, 1.54) is 0 Å². The number of carbonyl (C=O) groups is 3. The van der Waals surface area contributed by atoms with Gasteiger partial charge in [0.1, 0.15) is 6.61 Å². The molecule has 4 atom stereocenters. The molecule has 0 aromatic heterocycles. The van der Waals surface area contributed by atoms with Gasteiger partial charge in [-0.25, -0.2) is 4.79 Å². The van der Waals surface area contributed by atoms with Crippen molar-refractivity contribution in [3.05, 3.63) is 118 Å². The molecule has 2 aliphatic heterocycles. The van der Waals surface area contributed by atoms with Gasteiger partial charge in [-0.05, 0) is 96.3 Å². The number of hydrogen-bond acceptors (Lipinski definition) is 9. The summed E-state index contributed by atoms with van der Waals surface area (Å²) in [6.07, 6.45) is 2.02. The third-order valence-electron chi connectivity index (χ3n) is 12.9. The van der Waals surface area contributed by atoms with Crippen LogP contribution in [0.4, 0.5) is 4.79 Å². The molecule has 1 N–H and O–H groups in total. The minimum Gasteiger partial charge on any atom is -0.493 e. The predicted octanol–water partition coefficient (Wildman–Crippen LogP) is 7.65. The zero-order valence-electron chi connectivity index (χ0n) is 35.4. The Balaban J connectivity index is 1.32. The van der Waals surface area contributed by atoms with Crippen LogP contribution in [-0.2, 0) is 45.9 Å². The van der Waals surface area contributed by atoms with Crippen LogP contribution in [0.2, 0.25) is 0 Å². The van der Waals surface area contributed by atoms with E-state index in [0.29, 0.717) is 55.2 Å². The second-order valence-electron chi connectivity index (χ2n) is 15.9. The SMILES string of the molecule is CCN1CCc2cc(OC)c(OC)cc2C1C1CC(C(=O)O)CCC12c1cc(OC)c(OC)cc1CCN2C(=O)CCN(Cc1ccccc1)C(=O)OCc1ccccc1. The summed E-state index contributed by atoms with van der Waals surface area (Å²) in [7, 11) is 6.48. The van der Waals surface area contributed by atoms with Crippen molar-refractivity contribution >= 4 is 18.0 Å². The van der Waals surface area contributed by atoms with Gasteiger partial charge in [-0.1, -0.05) is 67.6 Å². The minimum absolute atomic E-state index is 0.0382. The Bertz CT molecular complexity index is 2150. The topological polar surface area (TPSA) is 127 Å². The van der Waals surface area contributed by atoms with Crippen molar-refractivity contribution in [3.8, 4) is 23.0 Å². The van der Waals surface area contributed by atoms with Gasteiger partial charge in [0.05, 0.1) is 39.9 Å². The van der Waals surface area contributed by atoms with Crippen molar-refractivity contribution in [2.24, 2.45) is 11.8 Å². The van der Waals surface area contributed by atoms with E-state index >= 15 is 4.79 Å². The molecule has 12 nitrogen and oxygen atoms in total. The van der Waals surface area contributed by atoms with Gasteiger partial charge in [-0.2, -0.15) is 0 Å². The summed E-state index contributed by atoms with van der Waals surface area (Å²) in [5.74, 6) is 0.447. The molecule has 1 aliphatic carbocycles. The van der Waals surface area contributed by atoms with E-state index in [-0.39, 0.29) is 44.0 Å². The first kappa shape index (κ1) is 42.4. The standard InChI is InChI=1S/C48H57N3O9/c1-6-49-22-18-34-26-40(56-2)42(58-4)28-37(34)45(49)39-25-36(46(53)54)17-21-48(39)38-29-43(59-5)41(57-3)27-35(38)19-24-51(48)44(52)20-23-50(30-32-13-9-7-10-14-32)47(55)60-31-33-15-11-8-12-16-33/h7-16,26-29,36,39,45H,6,17-25,30-31H2,1-5H3,(H,53,54). The number of rotatable bonds is 14. The molecule has 3 aliphatic rings. The lowest BCUT2D eigenvalue weighted by Gasteiger charge is -2.59. The molecule has 4 aromatic carbocycles. The zero-order valence-corrected chi connectivity index (χ0v) is 35.4. The Morgan fingerprint density at radius 1 is 0.783 bits per heavy atom. The van der Waals surface area contributed by atoms with Gasteiger partial charge < -0.3 is 38.6 Å². The number of benzene rings is 4. The van der Waals surface area contributed by atoms with Gasteiger partial charge in [-0.3, -0.25) is 14.5 Å². The van der Waals surface area contributed by atoms with Crippen molar-refractivity contribution in [3.63, 3.8) is 0 Å². The fraction of sp³-hybridized carbons (Fsp3) is 0.438. The maximum Gasteiger partial charge on any atom is 0.410 e. The van der Waals surface area contributed by atoms with Gasteiger partial charge in [0.15, 0.2) is 23.0 Å². The van der Waals surface area contributed by atoms with E-state index in [1.54, 1.807) is 33.3 Å². The van der Waals surface area contributed by atoms with Crippen molar-refractivity contribution < 1.29 is 43.2 Å². The molecule has 4 unspecified atom stereocenters. The lowest BCUT2D eigenvalue weighted by molar-refractivity contribution is -0.155. The van der Waals surface area contributed by atoms with Crippen LogP contribution in [-0.4, -0.2) is 92.4 Å². The van der Waals surface area contributed by atoms with Crippen LogP contribution >= 0.6 is 0 Å². The van der Waals surface area contributed by atoms with Crippen LogP contribution < -0.4 is 18.9 Å². The molecule has 1 saturated carbocycles. The van der Waals surface area contributed by atoms with E-state index in [1.807, 2.05) is 89.8 Å². The largest absolute Gasteiger partial charge is 0.493 e. The fourth-order valence-corrected chi connectivity index (χ4v) is 10.0. The first-order chi connectivity index (χ1) is 29.1. The Labute approximate surface area is 352 Å². The fourth-order valence-electron chi connectivity index (χ4n) is 10.0. The quantitative estimate of drug-likeness (QED) is 0.136. The van der Waals surface area contributed by atoms with Crippen LogP contribution in [0, 0.1) is 11.8 Å². The summed E-state index contributed by atoms with van der Waals surface area (Å²) >= 11 is 0. The summed E-state index contributed by atoms with van der Waals surface area (Å²) in [6, 6.07) is 27.1. The molecule has 7 rings (SSSR count).